The Morgan fingerprint density at radius 3 is 2.10 bits per heavy atom. The van der Waals surface area contributed by atoms with Crippen LogP contribution in [-0.2, 0) is 31.0 Å². The van der Waals surface area contributed by atoms with Gasteiger partial charge < -0.3 is 30.7 Å². The number of likely N-dealkylation sites (N-methyl/N-ethyl adjacent to an activating group) is 1. The first-order chi connectivity index (χ1) is 22.9. The van der Waals surface area contributed by atoms with E-state index in [0.717, 1.165) is 10.6 Å². The number of carbonyl (C=O) groups excluding carboxylic acids is 4. The van der Waals surface area contributed by atoms with Crippen LogP contribution in [0.3, 0.4) is 0 Å². The highest BCUT2D eigenvalue weighted by atomic mass is 32.2. The minimum Gasteiger partial charge on any atom is -0.354 e. The fourth-order valence-electron chi connectivity index (χ4n) is 6.67. The number of rotatable bonds is 15. The summed E-state index contributed by atoms with van der Waals surface area (Å²) in [4.78, 5) is 56.1. The van der Waals surface area contributed by atoms with Crippen molar-refractivity contribution in [2.75, 3.05) is 32.9 Å². The number of nitrogens with zero attached hydrogens (tertiary/aromatic N) is 3. The molecule has 1 aromatic heterocycles. The predicted molar refractivity (Wildman–Crippen MR) is 186 cm³/mol. The summed E-state index contributed by atoms with van der Waals surface area (Å²) in [5.41, 5.74) is -1.67. The molecule has 6 atom stereocenters. The van der Waals surface area contributed by atoms with Gasteiger partial charge in [0.1, 0.15) is 18.1 Å². The average Bonchev–Trinajstić information content (AvgIpc) is 3.40. The summed E-state index contributed by atoms with van der Waals surface area (Å²) in [5.74, 6) is -2.25. The number of halogens is 2. The summed E-state index contributed by atoms with van der Waals surface area (Å²) in [6.45, 7) is 15.9. The number of amides is 5. The summed E-state index contributed by atoms with van der Waals surface area (Å²) >= 11 is 0. The summed E-state index contributed by atoms with van der Waals surface area (Å²) in [5, 5.41) is 10.8. The van der Waals surface area contributed by atoms with Crippen molar-refractivity contribution in [2.45, 2.75) is 105 Å². The molecule has 0 spiro atoms. The summed E-state index contributed by atoms with van der Waals surface area (Å²) in [6.07, 6.45) is 1.63. The van der Waals surface area contributed by atoms with Gasteiger partial charge in [-0.15, -0.1) is 0 Å². The number of sulfonamides is 1. The quantitative estimate of drug-likeness (QED) is 0.203. The van der Waals surface area contributed by atoms with Gasteiger partial charge in [0.05, 0.1) is 6.26 Å². The molecule has 5 amide bonds. The van der Waals surface area contributed by atoms with Crippen LogP contribution in [0.5, 0.6) is 0 Å². The van der Waals surface area contributed by atoms with Crippen molar-refractivity contribution in [1.29, 1.82) is 0 Å². The number of likely N-dealkylation sites (tertiary alicyclic amines) is 1. The van der Waals surface area contributed by atoms with Crippen molar-refractivity contribution >= 4 is 33.8 Å². The van der Waals surface area contributed by atoms with E-state index in [2.05, 4.69) is 21.3 Å². The average molecular weight is 730 g/mol. The molecule has 0 aromatic carbocycles. The van der Waals surface area contributed by atoms with Crippen LogP contribution in [0.1, 0.15) is 68.2 Å². The zero-order valence-electron chi connectivity index (χ0n) is 31.0. The monoisotopic (exact) mass is 729 g/mol. The van der Waals surface area contributed by atoms with E-state index in [1.54, 1.807) is 20.8 Å². The van der Waals surface area contributed by atoms with Gasteiger partial charge in [-0.3, -0.25) is 14.4 Å². The molecule has 4 N–H and O–H groups in total. The second-order valence-electron chi connectivity index (χ2n) is 16.5. The van der Waals surface area contributed by atoms with Gasteiger partial charge in [-0.1, -0.05) is 55.4 Å². The third kappa shape index (κ3) is 10.4. The van der Waals surface area contributed by atoms with Crippen LogP contribution in [0.15, 0.2) is 24.5 Å². The van der Waals surface area contributed by atoms with E-state index >= 15 is 0 Å². The molecule has 16 heteroatoms. The van der Waals surface area contributed by atoms with Crippen LogP contribution in [-0.4, -0.2) is 109 Å². The topological polar surface area (TPSA) is 162 Å². The Balaban J connectivity index is 1.77. The third-order valence-electron chi connectivity index (χ3n) is 10.1. The molecule has 13 nitrogen and oxygen atoms in total. The highest BCUT2D eigenvalue weighted by Gasteiger charge is 2.70. The number of piperidine rings is 1. The Morgan fingerprint density at radius 2 is 1.58 bits per heavy atom. The van der Waals surface area contributed by atoms with Crippen LogP contribution in [0.25, 0.3) is 0 Å². The fourth-order valence-corrected chi connectivity index (χ4v) is 7.09. The van der Waals surface area contributed by atoms with Crippen molar-refractivity contribution in [3.05, 3.63) is 24.5 Å². The molecule has 1 aromatic rings. The number of hydrogen-bond acceptors (Lipinski definition) is 6. The summed E-state index contributed by atoms with van der Waals surface area (Å²) in [6, 6.07) is -1.21. The molecule has 1 saturated carbocycles. The molecular formula is C34H57F2N7O6S. The predicted octanol–water partition coefficient (Wildman–Crippen LogP) is 2.64. The van der Waals surface area contributed by atoms with Crippen LogP contribution in [0.2, 0.25) is 0 Å². The lowest BCUT2D eigenvalue weighted by Crippen LogP contribution is -2.62. The number of carbonyl (C=O) groups is 4. The van der Waals surface area contributed by atoms with Crippen molar-refractivity contribution in [2.24, 2.45) is 28.1 Å². The normalized spacial score (nSPS) is 22.0. The Kier molecular flexibility index (Phi) is 12.8. The Bertz CT molecular complexity index is 1470. The maximum absolute atomic E-state index is 14.3. The summed E-state index contributed by atoms with van der Waals surface area (Å²) in [7, 11) is -2.11. The zero-order chi connectivity index (χ0) is 38.0. The first kappa shape index (κ1) is 41.2. The van der Waals surface area contributed by atoms with Crippen LogP contribution >= 0.6 is 0 Å². The highest BCUT2D eigenvalue weighted by molar-refractivity contribution is 7.88. The minimum absolute atomic E-state index is 0.00279. The van der Waals surface area contributed by atoms with Crippen molar-refractivity contribution in [3.63, 3.8) is 0 Å². The number of fused-ring (bicyclic) bond motifs is 1. The van der Waals surface area contributed by atoms with Crippen LogP contribution in [0.4, 0.5) is 13.6 Å². The standard InChI is InChI=1S/C34H57F2N7O6S/c1-32(2,3)23(20-41(9)50(10,48)49)39-31(47)40-27(33(4,5)6)30(46)43-19-21-25(34(21,7)8)26(43)29(45)38-22(18-24(35)36)28(44)37-14-13-17-42-15-11-12-16-42/h11-12,15-16,21-27H,13-14,17-20H2,1-10H3,(H,37,44)(H,38,45)(H2,39,40,47)/t21-,22-,23+,25-,26-,27+/m0/s1. The highest BCUT2D eigenvalue weighted by Crippen LogP contribution is 2.65. The van der Waals surface area contributed by atoms with E-state index in [1.165, 1.54) is 11.9 Å². The first-order valence-electron chi connectivity index (χ1n) is 17.1. The van der Waals surface area contributed by atoms with Crippen molar-refractivity contribution in [1.82, 2.24) is 35.0 Å². The Labute approximate surface area is 295 Å². The third-order valence-corrected chi connectivity index (χ3v) is 11.4. The fraction of sp³-hybridized carbons (Fsp3) is 0.765. The number of aryl methyl sites for hydroxylation is 1. The number of urea groups is 1. The molecule has 284 valence electrons. The first-order valence-corrected chi connectivity index (χ1v) is 19.0. The molecule has 2 fully saturated rings. The van der Waals surface area contributed by atoms with Crippen molar-refractivity contribution in [3.8, 4) is 0 Å². The lowest BCUT2D eigenvalue weighted by molar-refractivity contribution is -0.144. The lowest BCUT2D eigenvalue weighted by Gasteiger charge is -2.39. The van der Waals surface area contributed by atoms with Crippen LogP contribution in [0, 0.1) is 28.1 Å². The lowest BCUT2D eigenvalue weighted by atomic mass is 9.85. The Hall–Kier alpha value is -3.27. The maximum atomic E-state index is 14.3. The number of alkyl halides is 2. The van der Waals surface area contributed by atoms with Gasteiger partial charge in [0.2, 0.25) is 34.2 Å². The number of hydrogen-bond donors (Lipinski definition) is 4. The van der Waals surface area contributed by atoms with Crippen molar-refractivity contribution < 1.29 is 36.4 Å². The van der Waals surface area contributed by atoms with E-state index in [1.807, 2.05) is 63.7 Å². The molecule has 1 aliphatic heterocycles. The van der Waals surface area contributed by atoms with Gasteiger partial charge in [-0.2, -0.15) is 0 Å². The smallest absolute Gasteiger partial charge is 0.315 e. The molecule has 0 radical (unpaired) electrons. The number of nitrogens with one attached hydrogen (secondary N) is 4. The molecule has 2 heterocycles. The Morgan fingerprint density at radius 1 is 0.980 bits per heavy atom. The SMILES string of the molecule is CN(C[C@@H](NC(=O)N[C@H](C(=O)N1C[C@H]2[C@@H]([C@H]1C(=O)N[C@@H](CC(F)F)C(=O)NCCCn1cccc1)C2(C)C)C(C)(C)C)C(C)(C)C)S(C)(=O)=O. The molecule has 1 aliphatic carbocycles. The van der Waals surface area contributed by atoms with Gasteiger partial charge in [-0.25, -0.2) is 26.3 Å². The molecule has 3 rings (SSSR count). The van der Waals surface area contributed by atoms with E-state index < -0.39 is 81.6 Å². The molecule has 2 aliphatic rings. The van der Waals surface area contributed by atoms with Gasteiger partial charge >= 0.3 is 6.03 Å². The molecule has 1 saturated heterocycles. The largest absolute Gasteiger partial charge is 0.354 e. The van der Waals surface area contributed by atoms with E-state index in [9.17, 15) is 36.4 Å². The molecule has 0 bridgehead atoms. The molecule has 50 heavy (non-hydrogen) atoms. The summed E-state index contributed by atoms with van der Waals surface area (Å²) < 4.78 is 54.5. The second kappa shape index (κ2) is 15.5. The van der Waals surface area contributed by atoms with E-state index in [-0.39, 0.29) is 36.9 Å². The number of aromatic nitrogens is 1. The van der Waals surface area contributed by atoms with E-state index in [0.29, 0.717) is 13.0 Å². The molecule has 0 unspecified atom stereocenters. The van der Waals surface area contributed by atoms with E-state index in [4.69, 9.17) is 0 Å². The van der Waals surface area contributed by atoms with Gasteiger partial charge in [-0.05, 0) is 46.6 Å². The molecular weight excluding hydrogens is 672 g/mol. The zero-order valence-corrected chi connectivity index (χ0v) is 31.9. The maximum Gasteiger partial charge on any atom is 0.315 e. The van der Waals surface area contributed by atoms with Gasteiger partial charge in [0, 0.05) is 58.1 Å². The van der Waals surface area contributed by atoms with Gasteiger partial charge in [0.25, 0.3) is 0 Å². The van der Waals surface area contributed by atoms with Gasteiger partial charge in [0.15, 0.2) is 0 Å². The second-order valence-corrected chi connectivity index (χ2v) is 18.6. The van der Waals surface area contributed by atoms with Crippen LogP contribution < -0.4 is 21.3 Å². The minimum atomic E-state index is -3.53.